The van der Waals surface area contributed by atoms with Crippen molar-refractivity contribution in [2.24, 2.45) is 0 Å². The fraction of sp³-hybridized carbons (Fsp3) is 0.391. The first-order chi connectivity index (χ1) is 14.7. The lowest BCUT2D eigenvalue weighted by atomic mass is 10.0. The molecule has 0 atom stereocenters. The summed E-state index contributed by atoms with van der Waals surface area (Å²) in [7, 11) is 0. The van der Waals surface area contributed by atoms with Crippen LogP contribution in [-0.4, -0.2) is 46.2 Å². The molecule has 1 aromatic heterocycles. The van der Waals surface area contributed by atoms with E-state index < -0.39 is 0 Å². The Morgan fingerprint density at radius 3 is 2.53 bits per heavy atom. The van der Waals surface area contributed by atoms with Gasteiger partial charge in [-0.3, -0.25) is 18.8 Å². The Morgan fingerprint density at radius 2 is 1.77 bits per heavy atom. The van der Waals surface area contributed by atoms with Gasteiger partial charge in [0.25, 0.3) is 0 Å². The van der Waals surface area contributed by atoms with Crippen LogP contribution in [0.2, 0.25) is 0 Å². The number of aryl methyl sites for hydroxylation is 1. The summed E-state index contributed by atoms with van der Waals surface area (Å²) in [5.41, 5.74) is 2.70. The molecule has 1 saturated heterocycles. The number of likely N-dealkylation sites (tertiary alicyclic amines) is 1. The van der Waals surface area contributed by atoms with E-state index in [1.54, 1.807) is 18.2 Å². The molecular formula is C23H25N3O4. The van der Waals surface area contributed by atoms with Crippen LogP contribution in [0.4, 0.5) is 0 Å². The Bertz CT molecular complexity index is 1150. The minimum Gasteiger partial charge on any atom is -0.454 e. The molecule has 0 unspecified atom stereocenters. The Morgan fingerprint density at radius 1 is 1.03 bits per heavy atom. The number of nitrogens with zero attached hydrogens (tertiary/aromatic N) is 3. The average molecular weight is 407 g/mol. The summed E-state index contributed by atoms with van der Waals surface area (Å²) in [5, 5.41) is 0. The number of aromatic nitrogens is 2. The van der Waals surface area contributed by atoms with Crippen molar-refractivity contribution in [3.63, 3.8) is 0 Å². The van der Waals surface area contributed by atoms with Gasteiger partial charge in [-0.1, -0.05) is 12.1 Å². The second-order valence-corrected chi connectivity index (χ2v) is 7.88. The van der Waals surface area contributed by atoms with Crippen molar-refractivity contribution in [2.45, 2.75) is 32.4 Å². The topological polar surface area (TPSA) is 65.7 Å². The van der Waals surface area contributed by atoms with E-state index in [2.05, 4.69) is 4.90 Å². The number of imidazole rings is 1. The summed E-state index contributed by atoms with van der Waals surface area (Å²) in [6.45, 7) is 4.82. The minimum absolute atomic E-state index is 0.0635. The van der Waals surface area contributed by atoms with Crippen LogP contribution in [0.25, 0.3) is 11.0 Å². The zero-order valence-electron chi connectivity index (χ0n) is 17.0. The Hall–Kier alpha value is -3.06. The van der Waals surface area contributed by atoms with Crippen LogP contribution in [0.15, 0.2) is 47.3 Å². The number of fused-ring (bicyclic) bond motifs is 2. The fourth-order valence-corrected chi connectivity index (χ4v) is 4.59. The third-order valence-electron chi connectivity index (χ3n) is 6.17. The van der Waals surface area contributed by atoms with E-state index in [1.807, 2.05) is 40.3 Å². The summed E-state index contributed by atoms with van der Waals surface area (Å²) >= 11 is 0. The summed E-state index contributed by atoms with van der Waals surface area (Å²) in [4.78, 5) is 27.9. The number of Topliss-reactive ketones (excluding diaryl/α,β-unsaturated/α-hetero) is 1. The molecule has 0 N–H and O–H groups in total. The first kappa shape index (κ1) is 18.9. The van der Waals surface area contributed by atoms with Crippen molar-refractivity contribution in [3.05, 3.63) is 58.5 Å². The van der Waals surface area contributed by atoms with Crippen LogP contribution in [0.3, 0.4) is 0 Å². The van der Waals surface area contributed by atoms with Crippen molar-refractivity contribution in [3.8, 4) is 11.5 Å². The van der Waals surface area contributed by atoms with E-state index in [0.29, 0.717) is 30.2 Å². The predicted molar refractivity (Wildman–Crippen MR) is 113 cm³/mol. The van der Waals surface area contributed by atoms with Crippen molar-refractivity contribution in [2.75, 3.05) is 26.4 Å². The van der Waals surface area contributed by atoms with Gasteiger partial charge >= 0.3 is 5.69 Å². The molecule has 156 valence electrons. The smallest absolute Gasteiger partial charge is 0.329 e. The molecule has 7 heteroatoms. The number of hydrogen-bond donors (Lipinski definition) is 0. The monoisotopic (exact) mass is 407 g/mol. The second kappa shape index (κ2) is 7.65. The van der Waals surface area contributed by atoms with Crippen LogP contribution in [0, 0.1) is 0 Å². The number of ketones is 1. The minimum atomic E-state index is 0.0635. The van der Waals surface area contributed by atoms with Crippen molar-refractivity contribution in [1.82, 2.24) is 14.0 Å². The maximum atomic E-state index is 13.0. The fourth-order valence-electron chi connectivity index (χ4n) is 4.59. The average Bonchev–Trinajstić information content (AvgIpc) is 3.35. The molecule has 0 bridgehead atoms. The first-order valence-electron chi connectivity index (χ1n) is 10.5. The van der Waals surface area contributed by atoms with Gasteiger partial charge in [-0.25, -0.2) is 4.79 Å². The number of para-hydroxylation sites is 2. The van der Waals surface area contributed by atoms with Crippen LogP contribution in [0.1, 0.15) is 36.2 Å². The van der Waals surface area contributed by atoms with Gasteiger partial charge in [0.05, 0.1) is 17.6 Å². The van der Waals surface area contributed by atoms with E-state index in [1.165, 1.54) is 0 Å². The van der Waals surface area contributed by atoms with Gasteiger partial charge in [0.1, 0.15) is 0 Å². The molecule has 3 aromatic rings. The van der Waals surface area contributed by atoms with E-state index in [9.17, 15) is 9.59 Å². The van der Waals surface area contributed by atoms with Gasteiger partial charge in [0.2, 0.25) is 6.79 Å². The van der Waals surface area contributed by atoms with Crippen molar-refractivity contribution < 1.29 is 14.3 Å². The Labute approximate surface area is 174 Å². The van der Waals surface area contributed by atoms with Crippen molar-refractivity contribution >= 4 is 16.8 Å². The highest BCUT2D eigenvalue weighted by Gasteiger charge is 2.26. The van der Waals surface area contributed by atoms with Gasteiger partial charge in [-0.2, -0.15) is 0 Å². The molecule has 3 heterocycles. The van der Waals surface area contributed by atoms with Gasteiger partial charge in [-0.15, -0.1) is 0 Å². The number of ether oxygens (including phenoxy) is 2. The van der Waals surface area contributed by atoms with E-state index >= 15 is 0 Å². The third kappa shape index (κ3) is 3.19. The van der Waals surface area contributed by atoms with Gasteiger partial charge in [-0.05, 0) is 50.1 Å². The molecule has 2 aliphatic rings. The van der Waals surface area contributed by atoms with E-state index in [-0.39, 0.29) is 24.3 Å². The number of piperidine rings is 1. The summed E-state index contributed by atoms with van der Waals surface area (Å²) in [5.74, 6) is 1.39. The molecular weight excluding hydrogens is 382 g/mol. The quantitative estimate of drug-likeness (QED) is 0.608. The number of carbonyl (C=O) groups excluding carboxylic acids is 1. The second-order valence-electron chi connectivity index (χ2n) is 7.88. The first-order valence-corrected chi connectivity index (χ1v) is 10.5. The van der Waals surface area contributed by atoms with Gasteiger partial charge in [0.15, 0.2) is 17.3 Å². The third-order valence-corrected chi connectivity index (χ3v) is 6.17. The lowest BCUT2D eigenvalue weighted by molar-refractivity contribution is 0.0897. The molecule has 5 rings (SSSR count). The zero-order valence-corrected chi connectivity index (χ0v) is 17.0. The number of benzene rings is 2. The molecule has 0 amide bonds. The van der Waals surface area contributed by atoms with Gasteiger partial charge < -0.3 is 9.47 Å². The zero-order chi connectivity index (χ0) is 20.7. The summed E-state index contributed by atoms with van der Waals surface area (Å²) in [6.07, 6.45) is 1.71. The van der Waals surface area contributed by atoms with Crippen LogP contribution in [0.5, 0.6) is 11.5 Å². The normalized spacial score (nSPS) is 17.0. The lowest BCUT2D eigenvalue weighted by Crippen LogP contribution is -2.40. The van der Waals surface area contributed by atoms with E-state index in [4.69, 9.17) is 9.47 Å². The molecule has 0 spiro atoms. The lowest BCUT2D eigenvalue weighted by Gasteiger charge is -2.32. The SMILES string of the molecule is CCn1c(=O)n(C2CCN(CC(=O)c3ccc4c(c3)OCO4)CC2)c2ccccc21. The molecule has 2 aromatic carbocycles. The van der Waals surface area contributed by atoms with Crippen LogP contribution < -0.4 is 15.2 Å². The maximum Gasteiger partial charge on any atom is 0.329 e. The molecule has 2 aliphatic heterocycles. The molecule has 7 nitrogen and oxygen atoms in total. The molecule has 1 fully saturated rings. The largest absolute Gasteiger partial charge is 0.454 e. The van der Waals surface area contributed by atoms with E-state index in [0.717, 1.165) is 37.0 Å². The molecule has 0 aliphatic carbocycles. The summed E-state index contributed by atoms with van der Waals surface area (Å²) in [6, 6.07) is 13.5. The standard InChI is InChI=1S/C23H25N3O4/c1-2-25-18-5-3-4-6-19(18)26(23(25)28)17-9-11-24(12-10-17)14-20(27)16-7-8-21-22(13-16)30-15-29-21/h3-8,13,17H,2,9-12,14-15H2,1H3. The maximum absolute atomic E-state index is 13.0. The number of hydrogen-bond acceptors (Lipinski definition) is 5. The predicted octanol–water partition coefficient (Wildman–Crippen LogP) is 3.07. The summed E-state index contributed by atoms with van der Waals surface area (Å²) < 4.78 is 14.5. The highest BCUT2D eigenvalue weighted by Crippen LogP contribution is 2.33. The number of carbonyl (C=O) groups is 1. The van der Waals surface area contributed by atoms with Crippen LogP contribution in [-0.2, 0) is 6.54 Å². The highest BCUT2D eigenvalue weighted by atomic mass is 16.7. The molecule has 30 heavy (non-hydrogen) atoms. The number of rotatable bonds is 5. The highest BCUT2D eigenvalue weighted by molar-refractivity contribution is 5.98. The molecule has 0 saturated carbocycles. The van der Waals surface area contributed by atoms with Crippen molar-refractivity contribution in [1.29, 1.82) is 0 Å². The van der Waals surface area contributed by atoms with Crippen LogP contribution >= 0.6 is 0 Å². The molecule has 0 radical (unpaired) electrons. The van der Waals surface area contributed by atoms with Gasteiger partial charge in [0, 0.05) is 31.2 Å². The Balaban J connectivity index is 1.28. The Kier molecular flexibility index (Phi) is 4.83.